The number of hydrogen-bond acceptors (Lipinski definition) is 7. The minimum Gasteiger partial charge on any atom is -0.466 e. The van der Waals surface area contributed by atoms with Crippen LogP contribution in [-0.2, 0) is 9.53 Å². The van der Waals surface area contributed by atoms with Gasteiger partial charge in [0.05, 0.1) is 12.7 Å². The molecule has 0 saturated heterocycles. The van der Waals surface area contributed by atoms with Crippen molar-refractivity contribution in [2.75, 3.05) is 25.7 Å². The molecule has 0 spiro atoms. The van der Waals surface area contributed by atoms with Gasteiger partial charge < -0.3 is 15.2 Å². The standard InChI is InChI=1S/C9H13N3O3S/c1-5-7(10)11-9(16-3)12-8(5)15-4-6(13)14-2/h4H2,1-3H3,(H2,10,11,12). The van der Waals surface area contributed by atoms with Gasteiger partial charge in [0.15, 0.2) is 11.8 Å². The summed E-state index contributed by atoms with van der Waals surface area (Å²) in [6.45, 7) is 1.54. The number of hydrogen-bond donors (Lipinski definition) is 1. The number of aromatic nitrogens is 2. The Bertz CT molecular complexity index is 398. The van der Waals surface area contributed by atoms with Crippen LogP contribution < -0.4 is 10.5 Å². The molecule has 0 fully saturated rings. The van der Waals surface area contributed by atoms with Gasteiger partial charge in [-0.25, -0.2) is 9.78 Å². The van der Waals surface area contributed by atoms with Crippen molar-refractivity contribution >= 4 is 23.5 Å². The maximum absolute atomic E-state index is 10.9. The second-order valence-corrected chi connectivity index (χ2v) is 3.66. The summed E-state index contributed by atoms with van der Waals surface area (Å²) in [5, 5.41) is 0.503. The Morgan fingerprint density at radius 2 is 2.19 bits per heavy atom. The Balaban J connectivity index is 2.86. The molecule has 0 bridgehead atoms. The third-order valence-electron chi connectivity index (χ3n) is 1.86. The number of methoxy groups -OCH3 is 1. The highest BCUT2D eigenvalue weighted by atomic mass is 32.2. The highest BCUT2D eigenvalue weighted by molar-refractivity contribution is 7.98. The molecule has 0 aliphatic carbocycles. The molecule has 0 atom stereocenters. The molecule has 7 heteroatoms. The molecule has 16 heavy (non-hydrogen) atoms. The molecule has 2 N–H and O–H groups in total. The van der Waals surface area contributed by atoms with Crippen LogP contribution >= 0.6 is 11.8 Å². The van der Waals surface area contributed by atoms with E-state index in [1.807, 2.05) is 6.26 Å². The SMILES string of the molecule is COC(=O)COc1nc(SC)nc(N)c1C. The van der Waals surface area contributed by atoms with E-state index in [-0.39, 0.29) is 6.61 Å². The summed E-state index contributed by atoms with van der Waals surface area (Å²) in [5.41, 5.74) is 6.29. The van der Waals surface area contributed by atoms with Crippen molar-refractivity contribution in [3.8, 4) is 5.88 Å². The number of carbonyl (C=O) groups is 1. The van der Waals surface area contributed by atoms with E-state index in [1.165, 1.54) is 18.9 Å². The normalized spacial score (nSPS) is 9.94. The third kappa shape index (κ3) is 2.99. The largest absolute Gasteiger partial charge is 0.466 e. The van der Waals surface area contributed by atoms with Gasteiger partial charge in [0.2, 0.25) is 5.88 Å². The number of rotatable bonds is 4. The third-order valence-corrected chi connectivity index (χ3v) is 2.40. The van der Waals surface area contributed by atoms with Gasteiger partial charge in [-0.2, -0.15) is 4.98 Å². The first-order valence-electron chi connectivity index (χ1n) is 4.46. The second-order valence-electron chi connectivity index (χ2n) is 2.89. The molecule has 0 amide bonds. The molecule has 0 aliphatic heterocycles. The van der Waals surface area contributed by atoms with Crippen LogP contribution in [0, 0.1) is 6.92 Å². The first kappa shape index (κ1) is 12.6. The van der Waals surface area contributed by atoms with Crippen LogP contribution in [-0.4, -0.2) is 35.9 Å². The predicted octanol–water partition coefficient (Wildman–Crippen LogP) is 0.641. The average molecular weight is 243 g/mol. The summed E-state index contributed by atoms with van der Waals surface area (Å²) < 4.78 is 9.65. The summed E-state index contributed by atoms with van der Waals surface area (Å²) in [7, 11) is 1.29. The van der Waals surface area contributed by atoms with E-state index in [2.05, 4.69) is 14.7 Å². The Morgan fingerprint density at radius 3 is 2.75 bits per heavy atom. The highest BCUT2D eigenvalue weighted by Gasteiger charge is 2.11. The molecule has 0 aliphatic rings. The molecule has 88 valence electrons. The number of nitrogens with two attached hydrogens (primary N) is 1. The average Bonchev–Trinajstić information content (AvgIpc) is 2.30. The van der Waals surface area contributed by atoms with Gasteiger partial charge in [-0.3, -0.25) is 0 Å². The number of thioether (sulfide) groups is 1. The molecule has 0 saturated carbocycles. The molecule has 1 heterocycles. The van der Waals surface area contributed by atoms with Gasteiger partial charge in [-0.05, 0) is 13.2 Å². The Morgan fingerprint density at radius 1 is 1.50 bits per heavy atom. The van der Waals surface area contributed by atoms with E-state index in [1.54, 1.807) is 6.92 Å². The molecule has 1 aromatic rings. The number of esters is 1. The van der Waals surface area contributed by atoms with Crippen LogP contribution in [0.3, 0.4) is 0 Å². The van der Waals surface area contributed by atoms with Crippen LogP contribution in [0.4, 0.5) is 5.82 Å². The summed E-state index contributed by atoms with van der Waals surface area (Å²) >= 11 is 1.35. The number of ether oxygens (including phenoxy) is 2. The van der Waals surface area contributed by atoms with E-state index in [9.17, 15) is 4.79 Å². The van der Waals surface area contributed by atoms with Gasteiger partial charge in [-0.15, -0.1) is 0 Å². The number of nitrogens with zero attached hydrogens (tertiary/aromatic N) is 2. The zero-order chi connectivity index (χ0) is 12.1. The molecule has 0 radical (unpaired) electrons. The number of carbonyl (C=O) groups excluding carboxylic acids is 1. The Labute approximate surface area is 97.5 Å². The Kier molecular flexibility index (Phi) is 4.36. The molecule has 1 aromatic heterocycles. The number of nitrogen functional groups attached to an aromatic ring is 1. The lowest BCUT2D eigenvalue weighted by Crippen LogP contribution is -2.14. The second kappa shape index (κ2) is 5.55. The van der Waals surface area contributed by atoms with Crippen molar-refractivity contribution in [2.24, 2.45) is 0 Å². The van der Waals surface area contributed by atoms with Crippen molar-refractivity contribution in [3.05, 3.63) is 5.56 Å². The number of anilines is 1. The molecule has 0 unspecified atom stereocenters. The van der Waals surface area contributed by atoms with Crippen LogP contribution in [0.25, 0.3) is 0 Å². The topological polar surface area (TPSA) is 87.3 Å². The van der Waals surface area contributed by atoms with Crippen molar-refractivity contribution in [3.63, 3.8) is 0 Å². The van der Waals surface area contributed by atoms with Crippen LogP contribution in [0.1, 0.15) is 5.56 Å². The van der Waals surface area contributed by atoms with E-state index in [0.717, 1.165) is 0 Å². The van der Waals surface area contributed by atoms with Crippen molar-refractivity contribution < 1.29 is 14.3 Å². The first-order chi connectivity index (χ1) is 7.58. The Hall–Kier alpha value is -1.50. The lowest BCUT2D eigenvalue weighted by Gasteiger charge is -2.09. The van der Waals surface area contributed by atoms with E-state index in [0.29, 0.717) is 22.4 Å². The molecule has 1 rings (SSSR count). The quantitative estimate of drug-likeness (QED) is 0.471. The fraction of sp³-hybridized carbons (Fsp3) is 0.444. The van der Waals surface area contributed by atoms with Gasteiger partial charge >= 0.3 is 5.97 Å². The zero-order valence-corrected chi connectivity index (χ0v) is 10.1. The van der Waals surface area contributed by atoms with Gasteiger partial charge in [0, 0.05) is 0 Å². The smallest absolute Gasteiger partial charge is 0.343 e. The van der Waals surface area contributed by atoms with Crippen LogP contribution in [0.5, 0.6) is 5.88 Å². The summed E-state index contributed by atoms with van der Waals surface area (Å²) in [4.78, 5) is 19.0. The van der Waals surface area contributed by atoms with Crippen molar-refractivity contribution in [2.45, 2.75) is 12.1 Å². The monoisotopic (exact) mass is 243 g/mol. The van der Waals surface area contributed by atoms with E-state index >= 15 is 0 Å². The lowest BCUT2D eigenvalue weighted by molar-refractivity contribution is -0.143. The first-order valence-corrected chi connectivity index (χ1v) is 5.68. The maximum atomic E-state index is 10.9. The summed E-state index contributed by atoms with van der Waals surface area (Å²) in [6, 6.07) is 0. The molecular weight excluding hydrogens is 230 g/mol. The molecule has 6 nitrogen and oxygen atoms in total. The van der Waals surface area contributed by atoms with Crippen LogP contribution in [0.2, 0.25) is 0 Å². The minimum absolute atomic E-state index is 0.193. The van der Waals surface area contributed by atoms with Crippen molar-refractivity contribution in [1.82, 2.24) is 9.97 Å². The van der Waals surface area contributed by atoms with E-state index in [4.69, 9.17) is 10.5 Å². The fourth-order valence-electron chi connectivity index (χ4n) is 0.910. The molecule has 0 aromatic carbocycles. The summed E-state index contributed by atoms with van der Waals surface area (Å²) in [5.74, 6) is 0.184. The van der Waals surface area contributed by atoms with Crippen LogP contribution in [0.15, 0.2) is 5.16 Å². The predicted molar refractivity (Wildman–Crippen MR) is 60.5 cm³/mol. The maximum Gasteiger partial charge on any atom is 0.343 e. The zero-order valence-electron chi connectivity index (χ0n) is 9.31. The van der Waals surface area contributed by atoms with Gasteiger partial charge in [0.25, 0.3) is 0 Å². The van der Waals surface area contributed by atoms with Crippen molar-refractivity contribution in [1.29, 1.82) is 0 Å². The van der Waals surface area contributed by atoms with Gasteiger partial charge in [-0.1, -0.05) is 11.8 Å². The lowest BCUT2D eigenvalue weighted by atomic mass is 10.3. The molecular formula is C9H13N3O3S. The highest BCUT2D eigenvalue weighted by Crippen LogP contribution is 2.22. The minimum atomic E-state index is -0.470. The fourth-order valence-corrected chi connectivity index (χ4v) is 1.27. The summed E-state index contributed by atoms with van der Waals surface area (Å²) in [6.07, 6.45) is 1.83. The van der Waals surface area contributed by atoms with E-state index < -0.39 is 5.97 Å². The van der Waals surface area contributed by atoms with Gasteiger partial charge in [0.1, 0.15) is 5.82 Å².